The van der Waals surface area contributed by atoms with Crippen LogP contribution in [0.5, 0.6) is 0 Å². The Morgan fingerprint density at radius 3 is 3.00 bits per heavy atom. The van der Waals surface area contributed by atoms with Gasteiger partial charge in [0.2, 0.25) is 5.91 Å². The number of carbonyl (C=O) groups excluding carboxylic acids is 1. The minimum atomic E-state index is -0.0744. The van der Waals surface area contributed by atoms with Gasteiger partial charge in [-0.15, -0.1) is 0 Å². The number of ether oxygens (including phenoxy) is 1. The van der Waals surface area contributed by atoms with E-state index in [1.54, 1.807) is 7.11 Å². The van der Waals surface area contributed by atoms with E-state index in [-0.39, 0.29) is 5.91 Å². The highest BCUT2D eigenvalue weighted by molar-refractivity contribution is 6.22. The fourth-order valence-electron chi connectivity index (χ4n) is 0.477. The van der Waals surface area contributed by atoms with Crippen molar-refractivity contribution in [3.8, 4) is 11.7 Å². The molecule has 0 aliphatic carbocycles. The van der Waals surface area contributed by atoms with E-state index < -0.39 is 0 Å². The van der Waals surface area contributed by atoms with Crippen molar-refractivity contribution < 1.29 is 9.53 Å². The van der Waals surface area contributed by atoms with Crippen LogP contribution in [0.15, 0.2) is 0 Å². The van der Waals surface area contributed by atoms with E-state index in [1.165, 1.54) is 0 Å². The molecule has 0 saturated heterocycles. The molecule has 1 amide bonds. The van der Waals surface area contributed by atoms with Gasteiger partial charge >= 0.3 is 0 Å². The summed E-state index contributed by atoms with van der Waals surface area (Å²) in [5, 5.41) is 2.55. The molecule has 0 aliphatic rings. The van der Waals surface area contributed by atoms with Crippen LogP contribution in [0.4, 0.5) is 0 Å². The molecule has 0 saturated carbocycles. The first kappa shape index (κ1) is 10.1. The lowest BCUT2D eigenvalue weighted by Crippen LogP contribution is -2.24. The van der Waals surface area contributed by atoms with Gasteiger partial charge in [0, 0.05) is 13.5 Å². The molecule has 3 nitrogen and oxygen atoms in total. The first-order chi connectivity index (χ1) is 5.31. The Hall–Kier alpha value is -0.945. The van der Waals surface area contributed by atoms with Gasteiger partial charge < -0.3 is 10.1 Å². The molecule has 58 valence electrons. The number of nitrogens with one attached hydrogen (secondary N) is 1. The second-order valence-electron chi connectivity index (χ2n) is 1.84. The van der Waals surface area contributed by atoms with Crippen LogP contribution in [0.1, 0.15) is 6.42 Å². The summed E-state index contributed by atoms with van der Waals surface area (Å²) in [5.74, 6) is 4.62. The van der Waals surface area contributed by atoms with Gasteiger partial charge in [0.15, 0.2) is 7.85 Å². The van der Waals surface area contributed by atoms with Gasteiger partial charge in [0.05, 0.1) is 13.2 Å². The van der Waals surface area contributed by atoms with Gasteiger partial charge in [-0.25, -0.2) is 0 Å². The third-order valence-corrected chi connectivity index (χ3v) is 1.01. The van der Waals surface area contributed by atoms with Crippen LogP contribution in [-0.2, 0) is 9.53 Å². The molecular formula is C7H10BNO2. The SMILES string of the molecule is [B]C#CCNC(=O)CCOC. The van der Waals surface area contributed by atoms with Crippen LogP contribution >= 0.6 is 0 Å². The smallest absolute Gasteiger partial charge is 0.223 e. The number of hydrogen-bond acceptors (Lipinski definition) is 2. The average molecular weight is 151 g/mol. The molecule has 0 heterocycles. The lowest BCUT2D eigenvalue weighted by Gasteiger charge is -1.98. The number of carbonyl (C=O) groups is 1. The molecule has 1 N–H and O–H groups in total. The summed E-state index contributed by atoms with van der Waals surface area (Å²) in [6.07, 6.45) is 0.364. The summed E-state index contributed by atoms with van der Waals surface area (Å²) in [6.45, 7) is 0.737. The summed E-state index contributed by atoms with van der Waals surface area (Å²) in [4.78, 5) is 10.8. The summed E-state index contributed by atoms with van der Waals surface area (Å²) >= 11 is 0. The van der Waals surface area contributed by atoms with Crippen molar-refractivity contribution in [2.24, 2.45) is 0 Å². The van der Waals surface area contributed by atoms with E-state index in [9.17, 15) is 4.79 Å². The molecule has 0 rings (SSSR count). The van der Waals surface area contributed by atoms with Gasteiger partial charge in [-0.05, 0) is 0 Å². The third kappa shape index (κ3) is 6.95. The van der Waals surface area contributed by atoms with Gasteiger partial charge in [-0.2, -0.15) is 5.82 Å². The van der Waals surface area contributed by atoms with Gasteiger partial charge in [-0.1, -0.05) is 5.92 Å². The summed E-state index contributed by atoms with van der Waals surface area (Å²) in [6, 6.07) is 0. The predicted molar refractivity (Wildman–Crippen MR) is 43.0 cm³/mol. The molecule has 0 aromatic rings. The molecule has 0 bridgehead atoms. The van der Waals surface area contributed by atoms with Crippen molar-refractivity contribution >= 4 is 13.8 Å². The van der Waals surface area contributed by atoms with Gasteiger partial charge in [-0.3, -0.25) is 4.79 Å². The molecule has 0 aliphatic heterocycles. The largest absolute Gasteiger partial charge is 0.384 e. The molecule has 2 radical (unpaired) electrons. The maximum absolute atomic E-state index is 10.8. The van der Waals surface area contributed by atoms with Crippen LogP contribution < -0.4 is 5.32 Å². The molecule has 0 aromatic carbocycles. The molecule has 0 spiro atoms. The van der Waals surface area contributed by atoms with Crippen molar-refractivity contribution in [3.63, 3.8) is 0 Å². The van der Waals surface area contributed by atoms with E-state index >= 15 is 0 Å². The van der Waals surface area contributed by atoms with Crippen LogP contribution in [0, 0.1) is 11.7 Å². The van der Waals surface area contributed by atoms with Crippen LogP contribution in [0.25, 0.3) is 0 Å². The lowest BCUT2D eigenvalue weighted by atomic mass is 10.2. The average Bonchev–Trinajstić information content (AvgIpc) is 2.01. The second-order valence-corrected chi connectivity index (χ2v) is 1.84. The van der Waals surface area contributed by atoms with E-state index in [4.69, 9.17) is 12.6 Å². The quantitative estimate of drug-likeness (QED) is 0.424. The molecule has 0 fully saturated rings. The number of amides is 1. The fraction of sp³-hybridized carbons (Fsp3) is 0.571. The number of hydrogen-bond donors (Lipinski definition) is 1. The highest BCUT2D eigenvalue weighted by Gasteiger charge is 1.96. The second kappa shape index (κ2) is 7.17. The maximum atomic E-state index is 10.8. The molecule has 0 aromatic heterocycles. The van der Waals surface area contributed by atoms with Crippen molar-refractivity contribution in [1.29, 1.82) is 0 Å². The summed E-state index contributed by atoms with van der Waals surface area (Å²) in [5.41, 5.74) is 0. The van der Waals surface area contributed by atoms with Crippen molar-refractivity contribution in [2.75, 3.05) is 20.3 Å². The highest BCUT2D eigenvalue weighted by atomic mass is 16.5. The summed E-state index contributed by atoms with van der Waals surface area (Å²) in [7, 11) is 6.43. The minimum Gasteiger partial charge on any atom is -0.384 e. The zero-order valence-corrected chi connectivity index (χ0v) is 6.52. The molecule has 11 heavy (non-hydrogen) atoms. The van der Waals surface area contributed by atoms with E-state index in [2.05, 4.69) is 17.1 Å². The predicted octanol–water partition coefficient (Wildman–Crippen LogP) is -0.732. The monoisotopic (exact) mass is 151 g/mol. The number of methoxy groups -OCH3 is 1. The number of rotatable bonds is 4. The normalized spacial score (nSPS) is 8.09. The Morgan fingerprint density at radius 2 is 2.45 bits per heavy atom. The first-order valence-electron chi connectivity index (χ1n) is 3.25. The summed E-state index contributed by atoms with van der Waals surface area (Å²) < 4.78 is 4.70. The van der Waals surface area contributed by atoms with E-state index in [0.717, 1.165) is 0 Å². The molecule has 4 heteroatoms. The minimum absolute atomic E-state index is 0.0744. The Labute approximate surface area is 67.9 Å². The van der Waals surface area contributed by atoms with Crippen molar-refractivity contribution in [2.45, 2.75) is 6.42 Å². The zero-order valence-electron chi connectivity index (χ0n) is 6.52. The van der Waals surface area contributed by atoms with Crippen LogP contribution in [0.3, 0.4) is 0 Å². The van der Waals surface area contributed by atoms with E-state index in [0.29, 0.717) is 19.6 Å². The highest BCUT2D eigenvalue weighted by Crippen LogP contribution is 1.78. The standard InChI is InChI=1S/C7H10BNO2/c1-11-6-3-7(10)9-5-2-4-8/h3,5-6H2,1H3,(H,9,10). The van der Waals surface area contributed by atoms with Gasteiger partial charge in [0.25, 0.3) is 0 Å². The Bertz CT molecular complexity index is 171. The van der Waals surface area contributed by atoms with Gasteiger partial charge in [0.1, 0.15) is 0 Å². The zero-order chi connectivity index (χ0) is 8.53. The Balaban J connectivity index is 3.27. The topological polar surface area (TPSA) is 38.3 Å². The van der Waals surface area contributed by atoms with Crippen molar-refractivity contribution in [3.05, 3.63) is 0 Å². The molecular weight excluding hydrogens is 141 g/mol. The van der Waals surface area contributed by atoms with E-state index in [1.807, 2.05) is 0 Å². The Morgan fingerprint density at radius 1 is 1.73 bits per heavy atom. The van der Waals surface area contributed by atoms with Crippen LogP contribution in [0.2, 0.25) is 0 Å². The lowest BCUT2D eigenvalue weighted by molar-refractivity contribution is -0.121. The van der Waals surface area contributed by atoms with Crippen molar-refractivity contribution in [1.82, 2.24) is 5.32 Å². The molecule has 0 unspecified atom stereocenters. The maximum Gasteiger partial charge on any atom is 0.223 e. The third-order valence-electron chi connectivity index (χ3n) is 1.01. The van der Waals surface area contributed by atoms with Crippen LogP contribution in [-0.4, -0.2) is 34.0 Å². The Kier molecular flexibility index (Phi) is 6.55. The molecule has 0 atom stereocenters. The fourth-order valence-corrected chi connectivity index (χ4v) is 0.477. The first-order valence-corrected chi connectivity index (χ1v) is 3.25.